The van der Waals surface area contributed by atoms with E-state index in [-0.39, 0.29) is 18.4 Å². The fourth-order valence-electron chi connectivity index (χ4n) is 3.25. The first-order chi connectivity index (χ1) is 10.0. The van der Waals surface area contributed by atoms with Crippen molar-refractivity contribution in [1.82, 2.24) is 4.90 Å². The predicted octanol–water partition coefficient (Wildman–Crippen LogP) is 2.13. The van der Waals surface area contributed by atoms with E-state index in [0.717, 1.165) is 25.7 Å². The average Bonchev–Trinajstić information content (AvgIpc) is 2.84. The Kier molecular flexibility index (Phi) is 7.72. The first kappa shape index (κ1) is 18.0. The Morgan fingerprint density at radius 2 is 1.76 bits per heavy atom. The van der Waals surface area contributed by atoms with Gasteiger partial charge in [-0.05, 0) is 25.2 Å². The van der Waals surface area contributed by atoms with E-state index in [9.17, 15) is 14.7 Å². The molecule has 122 valence electrons. The van der Waals surface area contributed by atoms with E-state index in [1.165, 1.54) is 0 Å². The summed E-state index contributed by atoms with van der Waals surface area (Å²) in [7, 11) is 0. The number of aliphatic hydroxyl groups is 1. The minimum absolute atomic E-state index is 0.0699. The molecule has 0 aromatic rings. The molecule has 1 unspecified atom stereocenters. The van der Waals surface area contributed by atoms with Gasteiger partial charge in [0.25, 0.3) is 0 Å². The van der Waals surface area contributed by atoms with Gasteiger partial charge in [-0.25, -0.2) is 0 Å². The van der Waals surface area contributed by atoms with Gasteiger partial charge in [-0.2, -0.15) is 0 Å². The summed E-state index contributed by atoms with van der Waals surface area (Å²) in [4.78, 5) is 25.6. The van der Waals surface area contributed by atoms with Crippen LogP contribution in [0.4, 0.5) is 0 Å². The highest BCUT2D eigenvalue weighted by atomic mass is 16.4. The topological polar surface area (TPSA) is 77.8 Å². The van der Waals surface area contributed by atoms with Crippen LogP contribution < -0.4 is 0 Å². The lowest BCUT2D eigenvalue weighted by atomic mass is 9.94. The maximum absolute atomic E-state index is 12.6. The zero-order chi connectivity index (χ0) is 15.8. The number of nitrogens with zero attached hydrogens (tertiary/aromatic N) is 1. The number of hydrogen-bond acceptors (Lipinski definition) is 3. The number of hydrogen-bond donors (Lipinski definition) is 2. The van der Waals surface area contributed by atoms with Crippen LogP contribution in [0.15, 0.2) is 0 Å². The number of carboxylic acid groups (broad SMARTS) is 1. The van der Waals surface area contributed by atoms with Gasteiger partial charge in [0.15, 0.2) is 0 Å². The van der Waals surface area contributed by atoms with Gasteiger partial charge in [-0.15, -0.1) is 0 Å². The molecule has 0 spiro atoms. The smallest absolute Gasteiger partial charge is 0.307 e. The third kappa shape index (κ3) is 5.30. The summed E-state index contributed by atoms with van der Waals surface area (Å²) in [6, 6.07) is 0. The number of unbranched alkanes of at least 4 members (excludes halogenated alkanes) is 3. The third-order valence-corrected chi connectivity index (χ3v) is 4.40. The van der Waals surface area contributed by atoms with Crippen molar-refractivity contribution in [3.05, 3.63) is 0 Å². The second kappa shape index (κ2) is 9.03. The molecular weight excluding hydrogens is 270 g/mol. The maximum atomic E-state index is 12.6. The van der Waals surface area contributed by atoms with Crippen molar-refractivity contribution < 1.29 is 19.8 Å². The Hall–Kier alpha value is -1.10. The van der Waals surface area contributed by atoms with Gasteiger partial charge >= 0.3 is 5.97 Å². The van der Waals surface area contributed by atoms with Crippen LogP contribution in [-0.4, -0.2) is 46.7 Å². The Balaban J connectivity index is 2.63. The molecule has 0 aliphatic heterocycles. The molecule has 1 aliphatic carbocycles. The molecular formula is C16H29NO4. The van der Waals surface area contributed by atoms with Crippen LogP contribution in [0.5, 0.6) is 0 Å². The zero-order valence-electron chi connectivity index (χ0n) is 13.3. The van der Waals surface area contributed by atoms with Gasteiger partial charge in [0.1, 0.15) is 0 Å². The van der Waals surface area contributed by atoms with E-state index in [1.807, 2.05) is 6.92 Å². The van der Waals surface area contributed by atoms with Crippen molar-refractivity contribution in [3.8, 4) is 0 Å². The largest absolute Gasteiger partial charge is 0.481 e. The summed E-state index contributed by atoms with van der Waals surface area (Å²) in [5, 5.41) is 18.4. The Labute approximate surface area is 127 Å². The number of carbonyl (C=O) groups is 2. The van der Waals surface area contributed by atoms with Gasteiger partial charge in [0.05, 0.1) is 18.4 Å². The molecule has 21 heavy (non-hydrogen) atoms. The SMILES string of the molecule is CCCCCCN(CCO)C(=O)[C@H]1CC(C)C[C@H]1C(=O)O. The normalized spacial score (nSPS) is 25.0. The van der Waals surface area contributed by atoms with E-state index in [1.54, 1.807) is 4.90 Å². The van der Waals surface area contributed by atoms with Gasteiger partial charge in [-0.3, -0.25) is 9.59 Å². The Morgan fingerprint density at radius 3 is 2.33 bits per heavy atom. The van der Waals surface area contributed by atoms with Crippen molar-refractivity contribution in [2.24, 2.45) is 17.8 Å². The summed E-state index contributed by atoms with van der Waals surface area (Å²) in [6.45, 7) is 4.99. The van der Waals surface area contributed by atoms with E-state index in [4.69, 9.17) is 5.11 Å². The van der Waals surface area contributed by atoms with E-state index < -0.39 is 17.8 Å². The van der Waals surface area contributed by atoms with Crippen LogP contribution in [0.3, 0.4) is 0 Å². The molecule has 5 heteroatoms. The van der Waals surface area contributed by atoms with Crippen LogP contribution >= 0.6 is 0 Å². The van der Waals surface area contributed by atoms with Crippen LogP contribution in [0.25, 0.3) is 0 Å². The summed E-state index contributed by atoms with van der Waals surface area (Å²) >= 11 is 0. The molecule has 1 rings (SSSR count). The number of aliphatic hydroxyl groups excluding tert-OH is 1. The average molecular weight is 299 g/mol. The van der Waals surface area contributed by atoms with Gasteiger partial charge in [0, 0.05) is 13.1 Å². The molecule has 1 saturated carbocycles. The van der Waals surface area contributed by atoms with Crippen LogP contribution in [0, 0.1) is 17.8 Å². The Bertz CT molecular complexity index is 345. The second-order valence-electron chi connectivity index (χ2n) is 6.24. The first-order valence-electron chi connectivity index (χ1n) is 8.13. The number of rotatable bonds is 9. The molecule has 0 heterocycles. The van der Waals surface area contributed by atoms with E-state index >= 15 is 0 Å². The molecule has 0 saturated heterocycles. The first-order valence-corrected chi connectivity index (χ1v) is 8.13. The molecule has 0 radical (unpaired) electrons. The summed E-state index contributed by atoms with van der Waals surface area (Å²) in [6.07, 6.45) is 5.48. The van der Waals surface area contributed by atoms with Gasteiger partial charge in [0.2, 0.25) is 5.91 Å². The molecule has 0 bridgehead atoms. The lowest BCUT2D eigenvalue weighted by molar-refractivity contribution is -0.149. The molecule has 1 aliphatic rings. The number of aliphatic carboxylic acids is 1. The minimum atomic E-state index is -0.868. The van der Waals surface area contributed by atoms with Crippen molar-refractivity contribution in [1.29, 1.82) is 0 Å². The molecule has 2 N–H and O–H groups in total. The monoisotopic (exact) mass is 299 g/mol. The quantitative estimate of drug-likeness (QED) is 0.639. The van der Waals surface area contributed by atoms with Crippen LogP contribution in [-0.2, 0) is 9.59 Å². The third-order valence-electron chi connectivity index (χ3n) is 4.40. The summed E-state index contributed by atoms with van der Waals surface area (Å²) in [5.41, 5.74) is 0. The minimum Gasteiger partial charge on any atom is -0.481 e. The van der Waals surface area contributed by atoms with Gasteiger partial charge in [-0.1, -0.05) is 33.1 Å². The standard InChI is InChI=1S/C16H29NO4/c1-3-4-5-6-7-17(8-9-18)15(19)13-10-12(2)11-14(13)16(20)21/h12-14,18H,3-11H2,1-2H3,(H,20,21)/t12?,13-,14+/m0/s1. The molecule has 1 fully saturated rings. The van der Waals surface area contributed by atoms with Crippen molar-refractivity contribution in [3.63, 3.8) is 0 Å². The van der Waals surface area contributed by atoms with Crippen molar-refractivity contribution in [2.45, 2.75) is 52.4 Å². The number of carboxylic acids is 1. The fraction of sp³-hybridized carbons (Fsp3) is 0.875. The lowest BCUT2D eigenvalue weighted by Crippen LogP contribution is -2.41. The van der Waals surface area contributed by atoms with Gasteiger partial charge < -0.3 is 15.1 Å². The number of carbonyl (C=O) groups excluding carboxylic acids is 1. The molecule has 5 nitrogen and oxygen atoms in total. The molecule has 3 atom stereocenters. The van der Waals surface area contributed by atoms with Crippen LogP contribution in [0.1, 0.15) is 52.4 Å². The summed E-state index contributed by atoms with van der Waals surface area (Å²) in [5.74, 6) is -1.67. The zero-order valence-corrected chi connectivity index (χ0v) is 13.3. The van der Waals surface area contributed by atoms with E-state index in [2.05, 4.69) is 6.92 Å². The Morgan fingerprint density at radius 1 is 1.10 bits per heavy atom. The van der Waals surface area contributed by atoms with Crippen molar-refractivity contribution in [2.75, 3.05) is 19.7 Å². The molecule has 0 aromatic carbocycles. The number of amides is 1. The van der Waals surface area contributed by atoms with Crippen molar-refractivity contribution >= 4 is 11.9 Å². The highest BCUT2D eigenvalue weighted by Crippen LogP contribution is 2.37. The van der Waals surface area contributed by atoms with E-state index in [0.29, 0.717) is 25.9 Å². The molecule has 1 amide bonds. The molecule has 0 aromatic heterocycles. The second-order valence-corrected chi connectivity index (χ2v) is 6.24. The highest BCUT2D eigenvalue weighted by Gasteiger charge is 2.42. The maximum Gasteiger partial charge on any atom is 0.307 e. The predicted molar refractivity (Wildman–Crippen MR) is 80.8 cm³/mol. The lowest BCUT2D eigenvalue weighted by Gasteiger charge is -2.26. The summed E-state index contributed by atoms with van der Waals surface area (Å²) < 4.78 is 0. The van der Waals surface area contributed by atoms with Crippen LogP contribution in [0.2, 0.25) is 0 Å². The fourth-order valence-corrected chi connectivity index (χ4v) is 3.25. The highest BCUT2D eigenvalue weighted by molar-refractivity contribution is 5.85.